The number of allylic oxidation sites excluding steroid dienone is 1. The highest BCUT2D eigenvalue weighted by atomic mass is 32.1. The summed E-state index contributed by atoms with van der Waals surface area (Å²) in [6.07, 6.45) is 6.79. The van der Waals surface area contributed by atoms with E-state index in [9.17, 15) is 4.79 Å². The van der Waals surface area contributed by atoms with Crippen molar-refractivity contribution in [1.82, 2.24) is 9.66 Å². The lowest BCUT2D eigenvalue weighted by Gasteiger charge is -1.97. The largest absolute Gasteiger partial charge is 0.282 e. The van der Waals surface area contributed by atoms with E-state index < -0.39 is 0 Å². The van der Waals surface area contributed by atoms with E-state index in [1.165, 1.54) is 22.3 Å². The highest BCUT2D eigenvalue weighted by Gasteiger charge is 2.11. The third kappa shape index (κ3) is 2.76. The van der Waals surface area contributed by atoms with Crippen LogP contribution in [0.25, 0.3) is 16.3 Å². The predicted molar refractivity (Wildman–Crippen MR) is 92.7 cm³/mol. The molecule has 4 nitrogen and oxygen atoms in total. The van der Waals surface area contributed by atoms with Crippen molar-refractivity contribution in [3.05, 3.63) is 69.1 Å². The van der Waals surface area contributed by atoms with Crippen LogP contribution in [0.3, 0.4) is 0 Å². The van der Waals surface area contributed by atoms with Crippen molar-refractivity contribution >= 4 is 33.8 Å². The van der Waals surface area contributed by atoms with Gasteiger partial charge in [-0.1, -0.05) is 36.4 Å². The molecule has 0 bridgehead atoms. The van der Waals surface area contributed by atoms with E-state index in [1.54, 1.807) is 12.3 Å². The fourth-order valence-corrected chi connectivity index (χ4v) is 3.12. The van der Waals surface area contributed by atoms with Crippen LogP contribution < -0.4 is 5.56 Å². The summed E-state index contributed by atoms with van der Waals surface area (Å²) >= 11 is 1.54. The lowest BCUT2D eigenvalue weighted by atomic mass is 10.2. The Kier molecular flexibility index (Phi) is 3.98. The average molecular weight is 309 g/mol. The molecule has 0 radical (unpaired) electrons. The lowest BCUT2D eigenvalue weighted by molar-refractivity contribution is 0.818. The fourth-order valence-electron chi connectivity index (χ4n) is 2.14. The smallest absolute Gasteiger partial charge is 0.267 e. The van der Waals surface area contributed by atoms with Crippen LogP contribution in [0.1, 0.15) is 16.0 Å². The third-order valence-corrected chi connectivity index (χ3v) is 4.55. The van der Waals surface area contributed by atoms with Gasteiger partial charge in [0.25, 0.3) is 5.56 Å². The van der Waals surface area contributed by atoms with Crippen molar-refractivity contribution in [2.45, 2.75) is 13.8 Å². The molecule has 2 aromatic heterocycles. The van der Waals surface area contributed by atoms with Crippen LogP contribution in [0.5, 0.6) is 0 Å². The highest BCUT2D eigenvalue weighted by molar-refractivity contribution is 7.18. The normalized spacial score (nSPS) is 11.9. The van der Waals surface area contributed by atoms with Crippen LogP contribution in [-0.2, 0) is 0 Å². The van der Waals surface area contributed by atoms with Crippen LogP contribution in [-0.4, -0.2) is 15.9 Å². The van der Waals surface area contributed by atoms with Crippen LogP contribution >= 0.6 is 11.3 Å². The Balaban J connectivity index is 1.90. The molecule has 0 aliphatic heterocycles. The molecule has 22 heavy (non-hydrogen) atoms. The van der Waals surface area contributed by atoms with Gasteiger partial charge in [0.15, 0.2) is 0 Å². The summed E-state index contributed by atoms with van der Waals surface area (Å²) in [5.41, 5.74) is 1.94. The molecule has 0 aliphatic carbocycles. The number of hydrogen-bond donors (Lipinski definition) is 0. The summed E-state index contributed by atoms with van der Waals surface area (Å²) in [4.78, 5) is 18.6. The molecule has 0 fully saturated rings. The maximum Gasteiger partial charge on any atom is 0.282 e. The van der Waals surface area contributed by atoms with Gasteiger partial charge in [-0.25, -0.2) is 4.98 Å². The van der Waals surface area contributed by atoms with E-state index in [4.69, 9.17) is 0 Å². The van der Waals surface area contributed by atoms with Crippen LogP contribution in [0.4, 0.5) is 0 Å². The second-order valence-corrected chi connectivity index (χ2v) is 6.10. The molecule has 0 spiro atoms. The summed E-state index contributed by atoms with van der Waals surface area (Å²) in [6.45, 7) is 3.94. The molecular weight excluding hydrogens is 294 g/mol. The zero-order valence-corrected chi connectivity index (χ0v) is 13.2. The summed E-state index contributed by atoms with van der Waals surface area (Å²) in [6, 6.07) is 9.92. The number of fused-ring (bicyclic) bond motifs is 1. The summed E-state index contributed by atoms with van der Waals surface area (Å²) in [7, 11) is 0. The minimum atomic E-state index is -0.129. The molecule has 0 saturated carbocycles. The Morgan fingerprint density at radius 3 is 2.77 bits per heavy atom. The monoisotopic (exact) mass is 309 g/mol. The first kappa shape index (κ1) is 14.4. The average Bonchev–Trinajstić information content (AvgIpc) is 2.82. The number of rotatable bonds is 3. The Bertz CT molecular complexity index is 920. The Labute approximate surface area is 132 Å². The van der Waals surface area contributed by atoms with E-state index in [0.29, 0.717) is 5.39 Å². The zero-order chi connectivity index (χ0) is 15.5. The lowest BCUT2D eigenvalue weighted by Crippen LogP contribution is -2.16. The predicted octanol–water partition coefficient (Wildman–Crippen LogP) is 3.62. The van der Waals surface area contributed by atoms with E-state index in [0.717, 1.165) is 20.8 Å². The minimum absolute atomic E-state index is 0.129. The molecule has 0 aliphatic rings. The Morgan fingerprint density at radius 2 is 2.00 bits per heavy atom. The van der Waals surface area contributed by atoms with Gasteiger partial charge < -0.3 is 0 Å². The zero-order valence-electron chi connectivity index (χ0n) is 12.4. The third-order valence-electron chi connectivity index (χ3n) is 3.44. The quantitative estimate of drug-likeness (QED) is 0.694. The molecule has 5 heteroatoms. The van der Waals surface area contributed by atoms with E-state index in [2.05, 4.69) is 10.1 Å². The van der Waals surface area contributed by atoms with Crippen molar-refractivity contribution in [3.63, 3.8) is 0 Å². The molecule has 0 N–H and O–H groups in total. The van der Waals surface area contributed by atoms with Gasteiger partial charge in [-0.05, 0) is 31.1 Å². The molecule has 2 heterocycles. The van der Waals surface area contributed by atoms with Gasteiger partial charge in [-0.2, -0.15) is 9.78 Å². The number of nitrogens with zero attached hydrogens (tertiary/aromatic N) is 3. The van der Waals surface area contributed by atoms with Crippen molar-refractivity contribution in [2.75, 3.05) is 0 Å². The molecule has 0 unspecified atom stereocenters. The first-order valence-electron chi connectivity index (χ1n) is 6.90. The maximum atomic E-state index is 12.4. The first-order chi connectivity index (χ1) is 10.7. The minimum Gasteiger partial charge on any atom is -0.267 e. The SMILES string of the molecule is Cc1sc2ncn(/N=C/C=C/c3ccccc3)c(=O)c2c1C. The van der Waals surface area contributed by atoms with E-state index in [1.807, 2.05) is 50.3 Å². The summed E-state index contributed by atoms with van der Waals surface area (Å²) < 4.78 is 1.27. The fraction of sp³-hybridized carbons (Fsp3) is 0.118. The maximum absolute atomic E-state index is 12.4. The van der Waals surface area contributed by atoms with Crippen LogP contribution in [0.2, 0.25) is 0 Å². The van der Waals surface area contributed by atoms with Crippen molar-refractivity contribution in [1.29, 1.82) is 0 Å². The number of thiophene rings is 1. The van der Waals surface area contributed by atoms with Crippen molar-refractivity contribution < 1.29 is 0 Å². The van der Waals surface area contributed by atoms with E-state index >= 15 is 0 Å². The molecule has 1 aromatic carbocycles. The van der Waals surface area contributed by atoms with Gasteiger partial charge in [0.05, 0.1) is 5.39 Å². The number of benzene rings is 1. The molecule has 110 valence electrons. The van der Waals surface area contributed by atoms with Gasteiger partial charge in [0.1, 0.15) is 11.2 Å². The number of hydrogen-bond acceptors (Lipinski definition) is 4. The van der Waals surface area contributed by atoms with Crippen LogP contribution in [0.15, 0.2) is 52.6 Å². The number of aryl methyl sites for hydroxylation is 2. The van der Waals surface area contributed by atoms with Crippen LogP contribution in [0, 0.1) is 13.8 Å². The van der Waals surface area contributed by atoms with Gasteiger partial charge in [0.2, 0.25) is 0 Å². The summed E-state index contributed by atoms with van der Waals surface area (Å²) in [5, 5.41) is 4.82. The van der Waals surface area contributed by atoms with Gasteiger partial charge in [-0.3, -0.25) is 4.79 Å². The Hall–Kier alpha value is -2.53. The van der Waals surface area contributed by atoms with E-state index in [-0.39, 0.29) is 5.56 Å². The molecule has 0 atom stereocenters. The molecule has 0 amide bonds. The number of aromatic nitrogens is 2. The topological polar surface area (TPSA) is 47.2 Å². The van der Waals surface area contributed by atoms with Gasteiger partial charge in [-0.15, -0.1) is 11.3 Å². The highest BCUT2D eigenvalue weighted by Crippen LogP contribution is 2.25. The van der Waals surface area contributed by atoms with Gasteiger partial charge >= 0.3 is 0 Å². The standard InChI is InChI=1S/C17H15N3OS/c1-12-13(2)22-16-15(12)17(21)20(11-18-16)19-10-6-9-14-7-4-3-5-8-14/h3-11H,1-2H3/b9-6+,19-10+. The van der Waals surface area contributed by atoms with Gasteiger partial charge in [0, 0.05) is 11.1 Å². The molecule has 3 aromatic rings. The first-order valence-corrected chi connectivity index (χ1v) is 7.72. The van der Waals surface area contributed by atoms with Crippen molar-refractivity contribution in [2.24, 2.45) is 5.10 Å². The molecule has 3 rings (SSSR count). The van der Waals surface area contributed by atoms with Crippen molar-refractivity contribution in [3.8, 4) is 0 Å². The molecular formula is C17H15N3OS. The second kappa shape index (κ2) is 6.07. The molecule has 0 saturated heterocycles. The summed E-state index contributed by atoms with van der Waals surface area (Å²) in [5.74, 6) is 0. The Morgan fingerprint density at radius 1 is 1.23 bits per heavy atom. The second-order valence-electron chi connectivity index (χ2n) is 4.89.